The standard InChI is InChI=1S/C18H21N3O2/c1-3-11(2)20-10-17(22)21-9-15-13(8-16(21)18(20)23)12-6-4-5-7-14(12)19-15/h4-7,11,16,19H,3,8-10H2,1-2H3/t11?,16-/m1/s1. The van der Waals surface area contributed by atoms with Gasteiger partial charge in [0.25, 0.3) is 0 Å². The summed E-state index contributed by atoms with van der Waals surface area (Å²) in [4.78, 5) is 32.4. The van der Waals surface area contributed by atoms with E-state index in [0.717, 1.165) is 17.6 Å². The van der Waals surface area contributed by atoms with Crippen LogP contribution >= 0.6 is 0 Å². The molecule has 1 saturated heterocycles. The van der Waals surface area contributed by atoms with Gasteiger partial charge in [0, 0.05) is 29.1 Å². The SMILES string of the molecule is CCC(C)N1CC(=O)N2Cc3[nH]c4ccccc4c3C[C@@H]2C1=O. The number of amides is 2. The lowest BCUT2D eigenvalue weighted by Gasteiger charge is -2.44. The molecule has 2 atom stereocenters. The Hall–Kier alpha value is -2.30. The molecule has 1 aromatic heterocycles. The summed E-state index contributed by atoms with van der Waals surface area (Å²) in [5.74, 6) is 0.147. The molecule has 2 aromatic rings. The molecule has 3 heterocycles. The molecular weight excluding hydrogens is 290 g/mol. The number of H-pyrrole nitrogens is 1. The van der Waals surface area contributed by atoms with Crippen LogP contribution in [-0.2, 0) is 22.6 Å². The van der Waals surface area contributed by atoms with Crippen LogP contribution in [0.1, 0.15) is 31.5 Å². The van der Waals surface area contributed by atoms with E-state index < -0.39 is 0 Å². The normalized spacial score (nSPS) is 22.3. The third-order valence-corrected chi connectivity index (χ3v) is 5.32. The third-order valence-electron chi connectivity index (χ3n) is 5.32. The van der Waals surface area contributed by atoms with Crippen molar-refractivity contribution >= 4 is 22.7 Å². The quantitative estimate of drug-likeness (QED) is 0.923. The number of piperazine rings is 1. The lowest BCUT2D eigenvalue weighted by Crippen LogP contribution is -2.63. The number of nitrogens with one attached hydrogen (secondary N) is 1. The highest BCUT2D eigenvalue weighted by atomic mass is 16.2. The van der Waals surface area contributed by atoms with Gasteiger partial charge in [-0.05, 0) is 25.0 Å². The highest BCUT2D eigenvalue weighted by molar-refractivity contribution is 5.97. The number of benzene rings is 1. The predicted molar refractivity (Wildman–Crippen MR) is 87.8 cm³/mol. The van der Waals surface area contributed by atoms with Crippen molar-refractivity contribution < 1.29 is 9.59 Å². The second-order valence-electron chi connectivity index (χ2n) is 6.59. The summed E-state index contributed by atoms with van der Waals surface area (Å²) in [6.07, 6.45) is 1.47. The fraction of sp³-hybridized carbons (Fsp3) is 0.444. The minimum absolute atomic E-state index is 0.0548. The van der Waals surface area contributed by atoms with Crippen molar-refractivity contribution in [3.63, 3.8) is 0 Å². The zero-order chi connectivity index (χ0) is 16.1. The number of fused-ring (bicyclic) bond motifs is 4. The maximum Gasteiger partial charge on any atom is 0.246 e. The highest BCUT2D eigenvalue weighted by Gasteiger charge is 2.43. The average molecular weight is 311 g/mol. The Labute approximate surface area is 135 Å². The Morgan fingerprint density at radius 3 is 2.83 bits per heavy atom. The van der Waals surface area contributed by atoms with Crippen molar-refractivity contribution in [2.75, 3.05) is 6.54 Å². The predicted octanol–water partition coefficient (Wildman–Crippen LogP) is 2.06. The fourth-order valence-electron chi connectivity index (χ4n) is 3.79. The first-order valence-electron chi connectivity index (χ1n) is 8.28. The molecular formula is C18H21N3O2. The first-order valence-corrected chi connectivity index (χ1v) is 8.28. The summed E-state index contributed by atoms with van der Waals surface area (Å²) >= 11 is 0. The molecule has 2 amide bonds. The molecule has 1 aromatic carbocycles. The largest absolute Gasteiger partial charge is 0.357 e. The van der Waals surface area contributed by atoms with Gasteiger partial charge in [0.1, 0.15) is 12.6 Å². The number of carbonyl (C=O) groups excluding carboxylic acids is 2. The Balaban J connectivity index is 1.74. The summed E-state index contributed by atoms with van der Waals surface area (Å²) < 4.78 is 0. The van der Waals surface area contributed by atoms with Gasteiger partial charge < -0.3 is 14.8 Å². The average Bonchev–Trinajstić information content (AvgIpc) is 2.93. The summed E-state index contributed by atoms with van der Waals surface area (Å²) in [6.45, 7) is 4.78. The Bertz CT molecular complexity index is 795. The van der Waals surface area contributed by atoms with E-state index in [1.54, 1.807) is 9.80 Å². The lowest BCUT2D eigenvalue weighted by atomic mass is 9.93. The van der Waals surface area contributed by atoms with Crippen molar-refractivity contribution in [2.45, 2.75) is 45.3 Å². The molecule has 0 saturated carbocycles. The number of carbonyl (C=O) groups is 2. The smallest absolute Gasteiger partial charge is 0.246 e. The number of hydrogen-bond acceptors (Lipinski definition) is 2. The number of rotatable bonds is 2. The molecule has 4 rings (SSSR count). The van der Waals surface area contributed by atoms with Crippen molar-refractivity contribution in [3.05, 3.63) is 35.5 Å². The lowest BCUT2D eigenvalue weighted by molar-refractivity contribution is -0.159. The molecule has 1 N–H and O–H groups in total. The van der Waals surface area contributed by atoms with E-state index in [1.807, 2.05) is 32.0 Å². The van der Waals surface area contributed by atoms with Crippen LogP contribution in [0.5, 0.6) is 0 Å². The Morgan fingerprint density at radius 2 is 2.04 bits per heavy atom. The first kappa shape index (κ1) is 14.3. The molecule has 0 spiro atoms. The summed E-state index contributed by atoms with van der Waals surface area (Å²) in [7, 11) is 0. The zero-order valence-corrected chi connectivity index (χ0v) is 13.5. The van der Waals surface area contributed by atoms with Gasteiger partial charge in [0.2, 0.25) is 11.8 Å². The van der Waals surface area contributed by atoms with Gasteiger partial charge in [-0.1, -0.05) is 25.1 Å². The number of aromatic nitrogens is 1. The van der Waals surface area contributed by atoms with E-state index in [1.165, 1.54) is 10.9 Å². The van der Waals surface area contributed by atoms with Crippen LogP contribution in [0.25, 0.3) is 10.9 Å². The highest BCUT2D eigenvalue weighted by Crippen LogP contribution is 2.32. The van der Waals surface area contributed by atoms with Crippen molar-refractivity contribution in [2.24, 2.45) is 0 Å². The van der Waals surface area contributed by atoms with Gasteiger partial charge in [-0.25, -0.2) is 0 Å². The minimum atomic E-state index is -0.350. The topological polar surface area (TPSA) is 56.4 Å². The van der Waals surface area contributed by atoms with Gasteiger partial charge in [-0.15, -0.1) is 0 Å². The van der Waals surface area contributed by atoms with Gasteiger partial charge >= 0.3 is 0 Å². The monoisotopic (exact) mass is 311 g/mol. The number of hydrogen-bond donors (Lipinski definition) is 1. The second-order valence-corrected chi connectivity index (χ2v) is 6.59. The molecule has 5 nitrogen and oxygen atoms in total. The van der Waals surface area contributed by atoms with Gasteiger partial charge in [-0.3, -0.25) is 9.59 Å². The molecule has 1 unspecified atom stereocenters. The van der Waals surface area contributed by atoms with E-state index in [4.69, 9.17) is 0 Å². The van der Waals surface area contributed by atoms with Crippen LogP contribution < -0.4 is 0 Å². The summed E-state index contributed by atoms with van der Waals surface area (Å²) in [5, 5.41) is 1.17. The molecule has 5 heteroatoms. The van der Waals surface area contributed by atoms with Crippen LogP contribution in [0.15, 0.2) is 24.3 Å². The van der Waals surface area contributed by atoms with E-state index in [-0.39, 0.29) is 30.4 Å². The number of para-hydroxylation sites is 1. The molecule has 0 aliphatic carbocycles. The molecule has 2 aliphatic rings. The number of nitrogens with zero attached hydrogens (tertiary/aromatic N) is 2. The molecule has 0 bridgehead atoms. The Morgan fingerprint density at radius 1 is 1.26 bits per heavy atom. The van der Waals surface area contributed by atoms with Crippen molar-refractivity contribution in [3.8, 4) is 0 Å². The molecule has 23 heavy (non-hydrogen) atoms. The van der Waals surface area contributed by atoms with Crippen LogP contribution in [0, 0.1) is 0 Å². The first-order chi connectivity index (χ1) is 11.1. The molecule has 120 valence electrons. The van der Waals surface area contributed by atoms with Crippen LogP contribution in [0.3, 0.4) is 0 Å². The van der Waals surface area contributed by atoms with Crippen LogP contribution in [-0.4, -0.2) is 45.2 Å². The maximum absolute atomic E-state index is 12.9. The minimum Gasteiger partial charge on any atom is -0.357 e. The number of aromatic amines is 1. The maximum atomic E-state index is 12.9. The van der Waals surface area contributed by atoms with Crippen molar-refractivity contribution in [1.82, 2.24) is 14.8 Å². The summed E-state index contributed by atoms with van der Waals surface area (Å²) in [6, 6.07) is 7.90. The van der Waals surface area contributed by atoms with Gasteiger partial charge in [0.05, 0.1) is 6.54 Å². The second kappa shape index (κ2) is 5.11. The van der Waals surface area contributed by atoms with E-state index in [9.17, 15) is 9.59 Å². The molecule has 1 fully saturated rings. The van der Waals surface area contributed by atoms with Crippen LogP contribution in [0.4, 0.5) is 0 Å². The fourth-order valence-corrected chi connectivity index (χ4v) is 3.79. The summed E-state index contributed by atoms with van der Waals surface area (Å²) in [5.41, 5.74) is 3.34. The molecule has 0 radical (unpaired) electrons. The van der Waals surface area contributed by atoms with Crippen molar-refractivity contribution in [1.29, 1.82) is 0 Å². The van der Waals surface area contributed by atoms with E-state index in [2.05, 4.69) is 11.1 Å². The van der Waals surface area contributed by atoms with Crippen LogP contribution in [0.2, 0.25) is 0 Å². The zero-order valence-electron chi connectivity index (χ0n) is 13.5. The van der Waals surface area contributed by atoms with E-state index >= 15 is 0 Å². The molecule has 2 aliphatic heterocycles. The van der Waals surface area contributed by atoms with Gasteiger partial charge in [0.15, 0.2) is 0 Å². The van der Waals surface area contributed by atoms with Gasteiger partial charge in [-0.2, -0.15) is 0 Å². The Kier molecular flexibility index (Phi) is 3.18. The van der Waals surface area contributed by atoms with E-state index in [0.29, 0.717) is 13.0 Å². The third kappa shape index (κ3) is 2.06.